The number of hydrogen-bond acceptors (Lipinski definition) is 3. The van der Waals surface area contributed by atoms with Crippen LogP contribution >= 0.6 is 0 Å². The van der Waals surface area contributed by atoms with Crippen LogP contribution in [0.4, 0.5) is 23.2 Å². The van der Waals surface area contributed by atoms with Crippen LogP contribution in [-0.2, 0) is 16.1 Å². The third-order valence-electron chi connectivity index (χ3n) is 6.35. The van der Waals surface area contributed by atoms with Crippen molar-refractivity contribution in [1.82, 2.24) is 4.98 Å². The minimum Gasteiger partial charge on any atom is -0.478 e. The predicted molar refractivity (Wildman–Crippen MR) is 121 cm³/mol. The first-order valence-corrected chi connectivity index (χ1v) is 11.0. The van der Waals surface area contributed by atoms with E-state index in [1.54, 1.807) is 13.0 Å². The molecular weight excluding hydrogens is 464 g/mol. The number of aromatic nitrogens is 1. The molecule has 1 aliphatic carbocycles. The lowest BCUT2D eigenvalue weighted by atomic mass is 9.93. The Labute approximate surface area is 198 Å². The fraction of sp³-hybridized carbons (Fsp3) is 0.269. The fourth-order valence-corrected chi connectivity index (χ4v) is 4.17. The molecule has 0 spiro atoms. The van der Waals surface area contributed by atoms with E-state index >= 15 is 0 Å². The molecule has 0 unspecified atom stereocenters. The molecule has 0 saturated heterocycles. The highest BCUT2D eigenvalue weighted by Gasteiger charge is 2.51. The Morgan fingerprint density at radius 3 is 2.34 bits per heavy atom. The quantitative estimate of drug-likeness (QED) is 0.390. The van der Waals surface area contributed by atoms with Crippen molar-refractivity contribution < 1.29 is 32.3 Å². The van der Waals surface area contributed by atoms with Crippen LogP contribution in [-0.4, -0.2) is 22.0 Å². The number of pyridine rings is 1. The fourth-order valence-electron chi connectivity index (χ4n) is 4.17. The van der Waals surface area contributed by atoms with Crippen LogP contribution in [0.3, 0.4) is 0 Å². The first-order chi connectivity index (χ1) is 16.5. The van der Waals surface area contributed by atoms with Gasteiger partial charge in [-0.3, -0.25) is 9.78 Å². The van der Waals surface area contributed by atoms with Gasteiger partial charge in [0.15, 0.2) is 11.6 Å². The SMILES string of the molecule is CCC(F)(F)c1ccc(-c2c(C)cc(NC(=O)C3(c4ccc(F)c(F)c4)CC3)cc2C(=O)O)cn1. The molecule has 182 valence electrons. The van der Waals surface area contributed by atoms with Crippen LogP contribution in [0.2, 0.25) is 0 Å². The molecule has 35 heavy (non-hydrogen) atoms. The van der Waals surface area contributed by atoms with Gasteiger partial charge in [-0.2, -0.15) is 8.78 Å². The smallest absolute Gasteiger partial charge is 0.336 e. The van der Waals surface area contributed by atoms with Crippen molar-refractivity contribution in [3.05, 3.63) is 82.7 Å². The number of benzene rings is 2. The lowest BCUT2D eigenvalue weighted by Crippen LogP contribution is -2.28. The van der Waals surface area contributed by atoms with E-state index in [0.29, 0.717) is 29.5 Å². The highest BCUT2D eigenvalue weighted by Crippen LogP contribution is 2.49. The Kier molecular flexibility index (Phi) is 6.12. The number of anilines is 1. The number of carboxylic acid groups (broad SMARTS) is 1. The number of rotatable bonds is 7. The molecular formula is C26H22F4N2O3. The summed E-state index contributed by atoms with van der Waals surface area (Å²) in [7, 11) is 0. The van der Waals surface area contributed by atoms with E-state index < -0.39 is 47.0 Å². The first kappa shape index (κ1) is 24.4. The summed E-state index contributed by atoms with van der Waals surface area (Å²) in [6.45, 7) is 2.97. The molecule has 1 heterocycles. The van der Waals surface area contributed by atoms with Gasteiger partial charge in [-0.1, -0.05) is 19.1 Å². The summed E-state index contributed by atoms with van der Waals surface area (Å²) in [5.41, 5.74) is 0.0956. The van der Waals surface area contributed by atoms with E-state index in [9.17, 15) is 32.3 Å². The molecule has 5 nitrogen and oxygen atoms in total. The van der Waals surface area contributed by atoms with Gasteiger partial charge < -0.3 is 10.4 Å². The van der Waals surface area contributed by atoms with E-state index in [1.165, 1.54) is 31.3 Å². The van der Waals surface area contributed by atoms with Gasteiger partial charge in [0, 0.05) is 29.4 Å². The molecule has 1 fully saturated rings. The largest absolute Gasteiger partial charge is 0.478 e. The second kappa shape index (κ2) is 8.79. The van der Waals surface area contributed by atoms with Crippen molar-refractivity contribution >= 4 is 17.6 Å². The Bertz CT molecular complexity index is 1320. The number of carbonyl (C=O) groups excluding carboxylic acids is 1. The molecule has 1 saturated carbocycles. The molecule has 0 atom stereocenters. The Balaban J connectivity index is 1.65. The van der Waals surface area contributed by atoms with Crippen LogP contribution in [0.15, 0.2) is 48.7 Å². The van der Waals surface area contributed by atoms with Crippen LogP contribution in [0, 0.1) is 18.6 Å². The van der Waals surface area contributed by atoms with Crippen molar-refractivity contribution in [1.29, 1.82) is 0 Å². The zero-order valence-corrected chi connectivity index (χ0v) is 19.0. The van der Waals surface area contributed by atoms with Gasteiger partial charge in [0.05, 0.1) is 11.0 Å². The number of halogens is 4. The van der Waals surface area contributed by atoms with Gasteiger partial charge in [-0.15, -0.1) is 0 Å². The number of carbonyl (C=O) groups is 2. The number of nitrogens with one attached hydrogen (secondary N) is 1. The van der Waals surface area contributed by atoms with Crippen molar-refractivity contribution in [3.8, 4) is 11.1 Å². The minimum absolute atomic E-state index is 0.144. The van der Waals surface area contributed by atoms with Crippen LogP contribution in [0.5, 0.6) is 0 Å². The number of amides is 1. The summed E-state index contributed by atoms with van der Waals surface area (Å²) in [6.07, 6.45) is 1.66. The Morgan fingerprint density at radius 1 is 1.09 bits per heavy atom. The highest BCUT2D eigenvalue weighted by molar-refractivity contribution is 6.04. The zero-order chi connectivity index (χ0) is 25.5. The van der Waals surface area contributed by atoms with E-state index in [0.717, 1.165) is 18.2 Å². The molecule has 0 radical (unpaired) electrons. The average molecular weight is 486 g/mol. The number of alkyl halides is 2. The molecule has 1 amide bonds. The van der Waals surface area contributed by atoms with Crippen molar-refractivity contribution in [2.24, 2.45) is 0 Å². The first-order valence-electron chi connectivity index (χ1n) is 11.0. The summed E-state index contributed by atoms with van der Waals surface area (Å²) in [5, 5.41) is 12.5. The maximum Gasteiger partial charge on any atom is 0.336 e. The zero-order valence-electron chi connectivity index (χ0n) is 19.0. The topological polar surface area (TPSA) is 79.3 Å². The molecule has 2 N–H and O–H groups in total. The third kappa shape index (κ3) is 4.50. The minimum atomic E-state index is -3.09. The molecule has 1 aliphatic rings. The maximum atomic E-state index is 13.9. The number of hydrogen-bond donors (Lipinski definition) is 2. The average Bonchev–Trinajstić information content (AvgIpc) is 3.63. The standard InChI is InChI=1S/C26H22F4N2O3/c1-3-26(29,30)21-7-4-15(13-31-21)22-14(2)10-17(12-18(22)23(33)34)32-24(35)25(8-9-25)16-5-6-19(27)20(28)11-16/h4-7,10-13H,3,8-9H2,1-2H3,(H,32,35)(H,33,34). The number of carboxylic acids is 1. The second-order valence-corrected chi connectivity index (χ2v) is 8.68. The number of aromatic carboxylic acids is 1. The van der Waals surface area contributed by atoms with Gasteiger partial charge in [-0.25, -0.2) is 13.6 Å². The van der Waals surface area contributed by atoms with E-state index in [-0.39, 0.29) is 16.8 Å². The molecule has 3 aromatic rings. The Hall–Kier alpha value is -3.75. The number of nitrogens with zero attached hydrogens (tertiary/aromatic N) is 1. The third-order valence-corrected chi connectivity index (χ3v) is 6.35. The predicted octanol–water partition coefficient (Wildman–Crippen LogP) is 6.21. The maximum absolute atomic E-state index is 13.9. The summed E-state index contributed by atoms with van der Waals surface area (Å²) < 4.78 is 54.9. The second-order valence-electron chi connectivity index (χ2n) is 8.68. The highest BCUT2D eigenvalue weighted by atomic mass is 19.3. The molecule has 0 aliphatic heterocycles. The summed E-state index contributed by atoms with van der Waals surface area (Å²) in [6, 6.07) is 8.72. The van der Waals surface area contributed by atoms with Gasteiger partial charge in [0.2, 0.25) is 5.91 Å². The normalized spacial score (nSPS) is 14.5. The lowest BCUT2D eigenvalue weighted by Gasteiger charge is -2.18. The summed E-state index contributed by atoms with van der Waals surface area (Å²) in [4.78, 5) is 28.9. The van der Waals surface area contributed by atoms with Gasteiger partial charge in [0.25, 0.3) is 5.92 Å². The summed E-state index contributed by atoms with van der Waals surface area (Å²) >= 11 is 0. The monoisotopic (exact) mass is 486 g/mol. The molecule has 2 aromatic carbocycles. The molecule has 9 heteroatoms. The van der Waals surface area contributed by atoms with Crippen LogP contribution in [0.1, 0.15) is 53.4 Å². The van der Waals surface area contributed by atoms with Gasteiger partial charge >= 0.3 is 5.97 Å². The Morgan fingerprint density at radius 2 is 1.80 bits per heavy atom. The van der Waals surface area contributed by atoms with Crippen molar-refractivity contribution in [2.75, 3.05) is 5.32 Å². The van der Waals surface area contributed by atoms with Gasteiger partial charge in [0.1, 0.15) is 5.69 Å². The van der Waals surface area contributed by atoms with E-state index in [2.05, 4.69) is 10.3 Å². The molecule has 1 aromatic heterocycles. The molecule has 0 bridgehead atoms. The summed E-state index contributed by atoms with van der Waals surface area (Å²) in [5.74, 6) is -6.89. The lowest BCUT2D eigenvalue weighted by molar-refractivity contribution is -0.118. The van der Waals surface area contributed by atoms with Crippen molar-refractivity contribution in [3.63, 3.8) is 0 Å². The molecule has 4 rings (SSSR count). The van der Waals surface area contributed by atoms with Crippen LogP contribution in [0.25, 0.3) is 11.1 Å². The van der Waals surface area contributed by atoms with E-state index in [1.807, 2.05) is 0 Å². The van der Waals surface area contributed by atoms with E-state index in [4.69, 9.17) is 0 Å². The van der Waals surface area contributed by atoms with Crippen molar-refractivity contribution in [2.45, 2.75) is 44.4 Å². The number of aryl methyl sites for hydroxylation is 1. The van der Waals surface area contributed by atoms with Gasteiger partial charge in [-0.05, 0) is 61.2 Å². The van der Waals surface area contributed by atoms with Crippen LogP contribution < -0.4 is 5.32 Å².